The number of amides is 1. The predicted molar refractivity (Wildman–Crippen MR) is 92.7 cm³/mol. The van der Waals surface area contributed by atoms with Crippen molar-refractivity contribution in [3.05, 3.63) is 54.4 Å². The highest BCUT2D eigenvalue weighted by atomic mass is 32.2. The minimum atomic E-state index is -0.114. The van der Waals surface area contributed by atoms with Crippen molar-refractivity contribution < 1.29 is 9.21 Å². The van der Waals surface area contributed by atoms with E-state index < -0.39 is 0 Å². The smallest absolute Gasteiger partial charge is 0.277 e. The fourth-order valence-corrected chi connectivity index (χ4v) is 2.64. The summed E-state index contributed by atoms with van der Waals surface area (Å²) >= 11 is 1.21. The van der Waals surface area contributed by atoms with Crippen LogP contribution in [0.3, 0.4) is 0 Å². The van der Waals surface area contributed by atoms with Crippen molar-refractivity contribution in [2.75, 3.05) is 11.1 Å². The number of pyridine rings is 1. The second-order valence-electron chi connectivity index (χ2n) is 5.00. The normalized spacial score (nSPS) is 10.5. The zero-order valence-electron chi connectivity index (χ0n) is 13.1. The topological polar surface area (TPSA) is 80.9 Å². The molecule has 2 aromatic heterocycles. The number of carbonyl (C=O) groups excluding carboxylic acids is 1. The Balaban J connectivity index is 1.56. The molecule has 24 heavy (non-hydrogen) atoms. The number of aryl methyl sites for hydroxylation is 1. The molecule has 0 unspecified atom stereocenters. The fraction of sp³-hybridized carbons (Fsp3) is 0.176. The highest BCUT2D eigenvalue weighted by molar-refractivity contribution is 7.99. The minimum absolute atomic E-state index is 0.114. The first-order valence-corrected chi connectivity index (χ1v) is 8.48. The molecule has 0 bridgehead atoms. The maximum Gasteiger partial charge on any atom is 0.277 e. The Labute approximate surface area is 143 Å². The molecule has 7 heteroatoms. The molecule has 0 aliphatic rings. The van der Waals surface area contributed by atoms with Crippen LogP contribution in [0.2, 0.25) is 0 Å². The van der Waals surface area contributed by atoms with Crippen molar-refractivity contribution in [3.8, 4) is 11.5 Å². The van der Waals surface area contributed by atoms with Crippen LogP contribution in [0.15, 0.2) is 58.4 Å². The predicted octanol–water partition coefficient (Wildman–Crippen LogP) is 3.42. The first-order valence-electron chi connectivity index (χ1n) is 7.50. The molecule has 3 aromatic rings. The highest BCUT2D eigenvalue weighted by Gasteiger charge is 2.11. The van der Waals surface area contributed by atoms with Gasteiger partial charge in [-0.15, -0.1) is 10.2 Å². The van der Waals surface area contributed by atoms with Crippen molar-refractivity contribution in [1.29, 1.82) is 0 Å². The second-order valence-corrected chi connectivity index (χ2v) is 5.93. The summed E-state index contributed by atoms with van der Waals surface area (Å²) in [5.74, 6) is 0.502. The first kappa shape index (κ1) is 16.2. The maximum atomic E-state index is 12.0. The van der Waals surface area contributed by atoms with Gasteiger partial charge < -0.3 is 9.73 Å². The summed E-state index contributed by atoms with van der Waals surface area (Å²) in [6.07, 6.45) is 4.24. The van der Waals surface area contributed by atoms with E-state index in [2.05, 4.69) is 27.4 Å². The SMILES string of the molecule is CCc1cccc(NC(=O)CSc2nnc(-c3ccncc3)o2)c1. The van der Waals surface area contributed by atoms with Crippen molar-refractivity contribution >= 4 is 23.4 Å². The molecular formula is C17H16N4O2S. The van der Waals surface area contributed by atoms with E-state index in [1.807, 2.05) is 24.3 Å². The summed E-state index contributed by atoms with van der Waals surface area (Å²) in [5, 5.41) is 11.1. The molecule has 2 heterocycles. The van der Waals surface area contributed by atoms with E-state index in [-0.39, 0.29) is 11.7 Å². The molecule has 0 saturated heterocycles. The lowest BCUT2D eigenvalue weighted by atomic mass is 10.1. The van der Waals surface area contributed by atoms with Crippen molar-refractivity contribution in [1.82, 2.24) is 15.2 Å². The van der Waals surface area contributed by atoms with Crippen LogP contribution in [0.4, 0.5) is 5.69 Å². The molecule has 0 aliphatic carbocycles. The highest BCUT2D eigenvalue weighted by Crippen LogP contribution is 2.22. The summed E-state index contributed by atoms with van der Waals surface area (Å²) in [5.41, 5.74) is 2.77. The van der Waals surface area contributed by atoms with Gasteiger partial charge in [-0.1, -0.05) is 30.8 Å². The Kier molecular flexibility index (Phi) is 5.22. The van der Waals surface area contributed by atoms with Gasteiger partial charge in [-0.25, -0.2) is 0 Å². The number of rotatable bonds is 6. The Hall–Kier alpha value is -2.67. The Morgan fingerprint density at radius 2 is 2.04 bits per heavy atom. The van der Waals surface area contributed by atoms with Crippen molar-refractivity contribution in [2.24, 2.45) is 0 Å². The average molecular weight is 340 g/mol. The molecule has 1 N–H and O–H groups in total. The lowest BCUT2D eigenvalue weighted by molar-refractivity contribution is -0.113. The molecule has 0 radical (unpaired) electrons. The van der Waals surface area contributed by atoms with Crippen LogP contribution in [0.1, 0.15) is 12.5 Å². The van der Waals surface area contributed by atoms with Gasteiger partial charge in [-0.3, -0.25) is 9.78 Å². The number of thioether (sulfide) groups is 1. The molecule has 0 fully saturated rings. The Morgan fingerprint density at radius 1 is 1.21 bits per heavy atom. The van der Waals surface area contributed by atoms with Crippen molar-refractivity contribution in [2.45, 2.75) is 18.6 Å². The van der Waals surface area contributed by atoms with E-state index in [0.717, 1.165) is 17.7 Å². The largest absolute Gasteiger partial charge is 0.411 e. The molecule has 3 rings (SSSR count). The summed E-state index contributed by atoms with van der Waals surface area (Å²) in [6.45, 7) is 2.08. The van der Waals surface area contributed by atoms with Gasteiger partial charge in [0.25, 0.3) is 5.22 Å². The monoisotopic (exact) mass is 340 g/mol. The number of carbonyl (C=O) groups is 1. The average Bonchev–Trinajstić information content (AvgIpc) is 3.10. The number of aromatic nitrogens is 3. The maximum absolute atomic E-state index is 12.0. The molecule has 0 atom stereocenters. The van der Waals surface area contributed by atoms with Gasteiger partial charge in [0.1, 0.15) is 0 Å². The lowest BCUT2D eigenvalue weighted by Crippen LogP contribution is -2.14. The number of nitrogens with one attached hydrogen (secondary N) is 1. The summed E-state index contributed by atoms with van der Waals surface area (Å²) in [7, 11) is 0. The molecule has 0 saturated carbocycles. The van der Waals surface area contributed by atoms with Gasteiger partial charge in [0.2, 0.25) is 11.8 Å². The fourth-order valence-electron chi connectivity index (χ4n) is 2.07. The Bertz CT molecular complexity index is 820. The van der Waals surface area contributed by atoms with Gasteiger partial charge in [-0.05, 0) is 36.2 Å². The Morgan fingerprint density at radius 3 is 2.83 bits per heavy atom. The zero-order chi connectivity index (χ0) is 16.8. The van der Waals surface area contributed by atoms with E-state index >= 15 is 0 Å². The lowest BCUT2D eigenvalue weighted by Gasteiger charge is -2.05. The van der Waals surface area contributed by atoms with Crippen LogP contribution in [0, 0.1) is 0 Å². The van der Waals surface area contributed by atoms with Gasteiger partial charge >= 0.3 is 0 Å². The summed E-state index contributed by atoms with van der Waals surface area (Å²) < 4.78 is 5.54. The van der Waals surface area contributed by atoms with E-state index in [1.54, 1.807) is 24.5 Å². The van der Waals surface area contributed by atoms with Crippen LogP contribution in [-0.2, 0) is 11.2 Å². The first-order chi connectivity index (χ1) is 11.7. The molecule has 6 nitrogen and oxygen atoms in total. The van der Waals surface area contributed by atoms with Gasteiger partial charge in [0, 0.05) is 23.6 Å². The van der Waals surface area contributed by atoms with Gasteiger partial charge in [-0.2, -0.15) is 0 Å². The summed E-state index contributed by atoms with van der Waals surface area (Å²) in [6, 6.07) is 11.4. The minimum Gasteiger partial charge on any atom is -0.411 e. The number of hydrogen-bond donors (Lipinski definition) is 1. The number of anilines is 1. The molecule has 0 aliphatic heterocycles. The van der Waals surface area contributed by atoms with Crippen LogP contribution >= 0.6 is 11.8 Å². The van der Waals surface area contributed by atoms with Crippen LogP contribution in [-0.4, -0.2) is 26.8 Å². The quantitative estimate of drug-likeness (QED) is 0.693. The van der Waals surface area contributed by atoms with Crippen molar-refractivity contribution in [3.63, 3.8) is 0 Å². The zero-order valence-corrected chi connectivity index (χ0v) is 13.9. The summed E-state index contributed by atoms with van der Waals surface area (Å²) in [4.78, 5) is 16.0. The second kappa shape index (κ2) is 7.74. The molecular weight excluding hydrogens is 324 g/mol. The third-order valence-electron chi connectivity index (χ3n) is 3.28. The van der Waals surface area contributed by atoms with E-state index in [1.165, 1.54) is 17.3 Å². The third-order valence-corrected chi connectivity index (χ3v) is 4.10. The van der Waals surface area contributed by atoms with E-state index in [0.29, 0.717) is 11.1 Å². The van der Waals surface area contributed by atoms with Crippen LogP contribution in [0.5, 0.6) is 0 Å². The third kappa shape index (κ3) is 4.20. The van der Waals surface area contributed by atoms with Gasteiger partial charge in [0.15, 0.2) is 0 Å². The molecule has 1 amide bonds. The number of hydrogen-bond acceptors (Lipinski definition) is 6. The van der Waals surface area contributed by atoms with Crippen LogP contribution in [0.25, 0.3) is 11.5 Å². The standard InChI is InChI=1S/C17H16N4O2S/c1-2-12-4-3-5-14(10-12)19-15(22)11-24-17-21-20-16(23-17)13-6-8-18-9-7-13/h3-10H,2,11H2,1H3,(H,19,22). The molecule has 122 valence electrons. The molecule has 0 spiro atoms. The van der Waals surface area contributed by atoms with E-state index in [4.69, 9.17) is 4.42 Å². The molecule has 1 aromatic carbocycles. The van der Waals surface area contributed by atoms with Crippen LogP contribution < -0.4 is 5.32 Å². The number of nitrogens with zero attached hydrogens (tertiary/aromatic N) is 3. The van der Waals surface area contributed by atoms with E-state index in [9.17, 15) is 4.79 Å². The number of benzene rings is 1. The van der Waals surface area contributed by atoms with Gasteiger partial charge in [0.05, 0.1) is 5.75 Å².